The lowest BCUT2D eigenvalue weighted by atomic mass is 10.2. The Labute approximate surface area is 136 Å². The number of benzene rings is 1. The fourth-order valence-electron chi connectivity index (χ4n) is 1.67. The molecular weight excluding hydrogens is 325 g/mol. The zero-order valence-electron chi connectivity index (χ0n) is 12.1. The van der Waals surface area contributed by atoms with Gasteiger partial charge in [-0.15, -0.1) is 0 Å². The molecule has 0 saturated carbocycles. The lowest BCUT2D eigenvalue weighted by Gasteiger charge is -2.10. The maximum absolute atomic E-state index is 12.5. The molecule has 4 nitrogen and oxygen atoms in total. The Morgan fingerprint density at radius 3 is 2.39 bits per heavy atom. The van der Waals surface area contributed by atoms with Gasteiger partial charge in [-0.1, -0.05) is 6.07 Å². The Balaban J connectivity index is 1.95. The van der Waals surface area contributed by atoms with Crippen LogP contribution in [0.5, 0.6) is 0 Å². The Morgan fingerprint density at radius 2 is 1.83 bits per heavy atom. The molecule has 0 unspecified atom stereocenters. The van der Waals surface area contributed by atoms with Crippen LogP contribution in [0, 0.1) is 0 Å². The summed E-state index contributed by atoms with van der Waals surface area (Å²) in [7, 11) is 0. The summed E-state index contributed by atoms with van der Waals surface area (Å²) in [5.41, 5.74) is 3.65. The maximum Gasteiger partial charge on any atom is 0.416 e. The Hall–Kier alpha value is -2.48. The summed E-state index contributed by atoms with van der Waals surface area (Å²) >= 11 is 5.04. The third-order valence-electron chi connectivity index (χ3n) is 2.83. The standard InChI is InChI=1S/C15H13F3N4S/c1-10(13-4-2-3-9-19-13)21-22-14(23)20-12-7-5-11(6-8-12)15(16,17)18/h2-9H,1H3,(H2,20,22,23)/b21-10+. The third kappa shape index (κ3) is 5.03. The van der Waals surface area contributed by atoms with E-state index in [1.54, 1.807) is 25.3 Å². The highest BCUT2D eigenvalue weighted by Crippen LogP contribution is 2.29. The van der Waals surface area contributed by atoms with E-state index in [1.165, 1.54) is 12.1 Å². The average molecular weight is 338 g/mol. The van der Waals surface area contributed by atoms with Crippen LogP contribution in [0.2, 0.25) is 0 Å². The molecule has 1 aromatic heterocycles. The molecule has 0 radical (unpaired) electrons. The van der Waals surface area contributed by atoms with E-state index in [4.69, 9.17) is 12.2 Å². The molecule has 0 atom stereocenters. The van der Waals surface area contributed by atoms with Crippen molar-refractivity contribution in [2.24, 2.45) is 5.10 Å². The summed E-state index contributed by atoms with van der Waals surface area (Å²) in [5, 5.41) is 6.99. The predicted octanol–water partition coefficient (Wildman–Crippen LogP) is 3.81. The molecule has 23 heavy (non-hydrogen) atoms. The SMILES string of the molecule is C/C(=N\NC(=S)Nc1ccc(C(F)(F)F)cc1)c1ccccn1. The van der Waals surface area contributed by atoms with Crippen LogP contribution in [0.25, 0.3) is 0 Å². The summed E-state index contributed by atoms with van der Waals surface area (Å²) in [6.45, 7) is 1.76. The van der Waals surface area contributed by atoms with Gasteiger partial charge in [0.05, 0.1) is 17.0 Å². The van der Waals surface area contributed by atoms with Gasteiger partial charge in [0.25, 0.3) is 0 Å². The van der Waals surface area contributed by atoms with Crippen molar-refractivity contribution in [2.45, 2.75) is 13.1 Å². The van der Waals surface area contributed by atoms with Crippen LogP contribution in [-0.2, 0) is 6.18 Å². The molecule has 2 rings (SSSR count). The van der Waals surface area contributed by atoms with Gasteiger partial charge in [-0.25, -0.2) is 0 Å². The van der Waals surface area contributed by atoms with Gasteiger partial charge in [-0.05, 0) is 55.5 Å². The van der Waals surface area contributed by atoms with Crippen molar-refractivity contribution in [1.82, 2.24) is 10.4 Å². The molecule has 1 heterocycles. The van der Waals surface area contributed by atoms with Gasteiger partial charge in [0.1, 0.15) is 0 Å². The molecule has 0 aliphatic carbocycles. The highest BCUT2D eigenvalue weighted by Gasteiger charge is 2.29. The molecule has 120 valence electrons. The Kier molecular flexibility index (Phi) is 5.28. The van der Waals surface area contributed by atoms with Gasteiger partial charge >= 0.3 is 6.18 Å². The van der Waals surface area contributed by atoms with Crippen LogP contribution in [0.15, 0.2) is 53.8 Å². The van der Waals surface area contributed by atoms with Crippen LogP contribution in [0.4, 0.5) is 18.9 Å². The van der Waals surface area contributed by atoms with E-state index in [9.17, 15) is 13.2 Å². The molecule has 0 aliphatic rings. The first-order chi connectivity index (χ1) is 10.9. The summed E-state index contributed by atoms with van der Waals surface area (Å²) in [4.78, 5) is 4.13. The smallest absolute Gasteiger partial charge is 0.331 e. The van der Waals surface area contributed by atoms with E-state index in [0.29, 0.717) is 17.1 Å². The number of aromatic nitrogens is 1. The molecule has 0 fully saturated rings. The molecule has 8 heteroatoms. The highest BCUT2D eigenvalue weighted by molar-refractivity contribution is 7.80. The number of nitrogens with zero attached hydrogens (tertiary/aromatic N) is 2. The van der Waals surface area contributed by atoms with E-state index in [0.717, 1.165) is 12.1 Å². The van der Waals surface area contributed by atoms with Crippen LogP contribution in [0.3, 0.4) is 0 Å². The third-order valence-corrected chi connectivity index (χ3v) is 3.02. The maximum atomic E-state index is 12.5. The van der Waals surface area contributed by atoms with E-state index < -0.39 is 11.7 Å². The van der Waals surface area contributed by atoms with Crippen LogP contribution >= 0.6 is 12.2 Å². The van der Waals surface area contributed by atoms with Gasteiger partial charge in [0, 0.05) is 11.9 Å². The van der Waals surface area contributed by atoms with Crippen molar-refractivity contribution < 1.29 is 13.2 Å². The molecule has 0 saturated heterocycles. The summed E-state index contributed by atoms with van der Waals surface area (Å²) in [6.07, 6.45) is -2.71. The average Bonchev–Trinajstić information content (AvgIpc) is 2.53. The monoisotopic (exact) mass is 338 g/mol. The first-order valence-electron chi connectivity index (χ1n) is 6.56. The van der Waals surface area contributed by atoms with E-state index in [2.05, 4.69) is 20.8 Å². The van der Waals surface area contributed by atoms with Gasteiger partial charge in [-0.2, -0.15) is 18.3 Å². The summed E-state index contributed by atoms with van der Waals surface area (Å²) in [5.74, 6) is 0. The van der Waals surface area contributed by atoms with Crippen molar-refractivity contribution in [3.8, 4) is 0 Å². The first kappa shape index (κ1) is 16.9. The normalized spacial score (nSPS) is 11.9. The van der Waals surface area contributed by atoms with Crippen molar-refractivity contribution >= 4 is 28.7 Å². The highest BCUT2D eigenvalue weighted by atomic mass is 32.1. The molecule has 2 N–H and O–H groups in total. The van der Waals surface area contributed by atoms with Crippen molar-refractivity contribution in [2.75, 3.05) is 5.32 Å². The Bertz CT molecular complexity index is 697. The predicted molar refractivity (Wildman–Crippen MR) is 87.2 cm³/mol. The minimum absolute atomic E-state index is 0.167. The first-order valence-corrected chi connectivity index (χ1v) is 6.97. The van der Waals surface area contributed by atoms with E-state index in [-0.39, 0.29) is 5.11 Å². The molecule has 0 aliphatic heterocycles. The molecule has 1 aromatic carbocycles. The minimum Gasteiger partial charge on any atom is -0.331 e. The number of hydrazone groups is 1. The van der Waals surface area contributed by atoms with Gasteiger partial charge in [0.15, 0.2) is 5.11 Å². The zero-order valence-corrected chi connectivity index (χ0v) is 12.9. The number of hydrogen-bond acceptors (Lipinski definition) is 3. The minimum atomic E-state index is -4.36. The topological polar surface area (TPSA) is 49.3 Å². The van der Waals surface area contributed by atoms with E-state index >= 15 is 0 Å². The quantitative estimate of drug-likeness (QED) is 0.508. The number of alkyl halides is 3. The summed E-state index contributed by atoms with van der Waals surface area (Å²) < 4.78 is 37.4. The number of nitrogens with one attached hydrogen (secondary N) is 2. The fraction of sp³-hybridized carbons (Fsp3) is 0.133. The van der Waals surface area contributed by atoms with Gasteiger partial charge < -0.3 is 5.32 Å². The largest absolute Gasteiger partial charge is 0.416 e. The molecule has 0 amide bonds. The van der Waals surface area contributed by atoms with Crippen LogP contribution < -0.4 is 10.7 Å². The molecular formula is C15H13F3N4S. The Morgan fingerprint density at radius 1 is 1.13 bits per heavy atom. The van der Waals surface area contributed by atoms with Crippen molar-refractivity contribution in [3.63, 3.8) is 0 Å². The van der Waals surface area contributed by atoms with Crippen molar-refractivity contribution in [3.05, 3.63) is 59.9 Å². The lowest BCUT2D eigenvalue weighted by molar-refractivity contribution is -0.137. The number of halogens is 3. The molecule has 2 aromatic rings. The van der Waals surface area contributed by atoms with Gasteiger partial charge in [0.2, 0.25) is 0 Å². The van der Waals surface area contributed by atoms with Crippen LogP contribution in [-0.4, -0.2) is 15.8 Å². The number of rotatable bonds is 3. The van der Waals surface area contributed by atoms with Gasteiger partial charge in [-0.3, -0.25) is 10.4 Å². The van der Waals surface area contributed by atoms with Crippen LogP contribution in [0.1, 0.15) is 18.2 Å². The second kappa shape index (κ2) is 7.19. The fourth-order valence-corrected chi connectivity index (χ4v) is 1.83. The second-order valence-corrected chi connectivity index (χ2v) is 4.96. The summed E-state index contributed by atoms with van der Waals surface area (Å²) in [6, 6.07) is 9.98. The number of hydrogen-bond donors (Lipinski definition) is 2. The molecule has 0 bridgehead atoms. The number of pyridine rings is 1. The number of anilines is 1. The van der Waals surface area contributed by atoms with Crippen molar-refractivity contribution in [1.29, 1.82) is 0 Å². The molecule has 0 spiro atoms. The lowest BCUT2D eigenvalue weighted by Crippen LogP contribution is -2.25. The van der Waals surface area contributed by atoms with E-state index in [1.807, 2.05) is 6.07 Å². The number of thiocarbonyl (C=S) groups is 1. The second-order valence-electron chi connectivity index (χ2n) is 4.55. The zero-order chi connectivity index (χ0) is 16.9.